The maximum atomic E-state index is 15.0. The van der Waals surface area contributed by atoms with E-state index in [9.17, 15) is 22.8 Å². The summed E-state index contributed by atoms with van der Waals surface area (Å²) in [6.45, 7) is 5.08. The molecule has 0 aliphatic carbocycles. The standard InChI is InChI=1S/C26H21F3N2O4S/c1-14(2)35-9-5-7-16-6-4-8-18(23(16)29)22-13-36-26(30-22)31-24(32)17-11-20(27)19(21(28)12-17)10-15(3)25(33)34/h4,6,8,10-14H,9H2,1-3H3,(H,33,34)(H,30,31,32)/b15-10+. The normalized spacial score (nSPS) is 11.2. The molecule has 0 spiro atoms. The highest BCUT2D eigenvalue weighted by Crippen LogP contribution is 2.29. The first-order chi connectivity index (χ1) is 17.1. The van der Waals surface area contributed by atoms with E-state index in [1.807, 2.05) is 13.8 Å². The van der Waals surface area contributed by atoms with Gasteiger partial charge in [-0.15, -0.1) is 11.3 Å². The van der Waals surface area contributed by atoms with E-state index in [-0.39, 0.29) is 45.8 Å². The van der Waals surface area contributed by atoms with E-state index >= 15 is 0 Å². The molecule has 0 bridgehead atoms. The maximum Gasteiger partial charge on any atom is 0.331 e. The third-order valence-electron chi connectivity index (χ3n) is 4.75. The predicted molar refractivity (Wildman–Crippen MR) is 131 cm³/mol. The largest absolute Gasteiger partial charge is 0.478 e. The number of ether oxygens (including phenoxy) is 1. The van der Waals surface area contributed by atoms with Crippen molar-refractivity contribution >= 4 is 34.4 Å². The fourth-order valence-corrected chi connectivity index (χ4v) is 3.63. The van der Waals surface area contributed by atoms with E-state index in [1.54, 1.807) is 6.07 Å². The Morgan fingerprint density at radius 2 is 1.92 bits per heavy atom. The number of thiazole rings is 1. The minimum Gasteiger partial charge on any atom is -0.478 e. The van der Waals surface area contributed by atoms with Crippen molar-refractivity contribution in [2.45, 2.75) is 26.9 Å². The van der Waals surface area contributed by atoms with Gasteiger partial charge in [-0.05, 0) is 51.1 Å². The molecule has 10 heteroatoms. The Balaban J connectivity index is 1.78. The van der Waals surface area contributed by atoms with Crippen LogP contribution in [0.3, 0.4) is 0 Å². The molecule has 0 fully saturated rings. The molecule has 0 atom stereocenters. The Labute approximate surface area is 209 Å². The quantitative estimate of drug-likeness (QED) is 0.310. The Hall–Kier alpha value is -3.94. The first-order valence-electron chi connectivity index (χ1n) is 10.6. The molecule has 1 amide bonds. The molecule has 6 nitrogen and oxygen atoms in total. The number of halogens is 3. The number of aromatic nitrogens is 1. The fourth-order valence-electron chi connectivity index (χ4n) is 2.92. The highest BCUT2D eigenvalue weighted by molar-refractivity contribution is 7.14. The number of anilines is 1. The van der Waals surface area contributed by atoms with Gasteiger partial charge < -0.3 is 9.84 Å². The summed E-state index contributed by atoms with van der Waals surface area (Å²) < 4.78 is 49.0. The van der Waals surface area contributed by atoms with Crippen LogP contribution in [-0.4, -0.2) is 34.7 Å². The van der Waals surface area contributed by atoms with Crippen molar-refractivity contribution in [1.82, 2.24) is 4.98 Å². The molecule has 2 aromatic carbocycles. The molecule has 0 aliphatic rings. The third kappa shape index (κ3) is 6.59. The van der Waals surface area contributed by atoms with Gasteiger partial charge in [-0.1, -0.05) is 17.9 Å². The zero-order valence-electron chi connectivity index (χ0n) is 19.5. The number of nitrogens with zero attached hydrogens (tertiary/aromatic N) is 1. The van der Waals surface area contributed by atoms with Gasteiger partial charge in [-0.25, -0.2) is 22.9 Å². The molecule has 0 aliphatic heterocycles. The maximum absolute atomic E-state index is 15.0. The molecule has 0 radical (unpaired) electrons. The van der Waals surface area contributed by atoms with Crippen molar-refractivity contribution in [3.05, 3.63) is 75.4 Å². The summed E-state index contributed by atoms with van der Waals surface area (Å²) in [7, 11) is 0. The molecule has 0 saturated heterocycles. The molecule has 1 aromatic heterocycles. The van der Waals surface area contributed by atoms with Crippen LogP contribution >= 0.6 is 11.3 Å². The lowest BCUT2D eigenvalue weighted by molar-refractivity contribution is -0.132. The van der Waals surface area contributed by atoms with E-state index in [0.717, 1.165) is 29.5 Å². The van der Waals surface area contributed by atoms with E-state index in [1.165, 1.54) is 24.4 Å². The lowest BCUT2D eigenvalue weighted by Crippen LogP contribution is -2.13. The Kier molecular flexibility index (Phi) is 8.64. The summed E-state index contributed by atoms with van der Waals surface area (Å²) in [6, 6.07) is 6.24. The number of carbonyl (C=O) groups excluding carboxylic acids is 1. The summed E-state index contributed by atoms with van der Waals surface area (Å²) in [5.74, 6) is 0.521. The van der Waals surface area contributed by atoms with Gasteiger partial charge in [0, 0.05) is 27.6 Å². The van der Waals surface area contributed by atoms with Crippen molar-refractivity contribution in [2.75, 3.05) is 11.9 Å². The smallest absolute Gasteiger partial charge is 0.331 e. The van der Waals surface area contributed by atoms with Crippen LogP contribution in [0.2, 0.25) is 0 Å². The molecular formula is C26H21F3N2O4S. The number of carbonyl (C=O) groups is 2. The average molecular weight is 515 g/mol. The second kappa shape index (κ2) is 11.7. The summed E-state index contributed by atoms with van der Waals surface area (Å²) in [5, 5.41) is 12.9. The van der Waals surface area contributed by atoms with Gasteiger partial charge in [0.15, 0.2) is 5.13 Å². The van der Waals surface area contributed by atoms with Crippen LogP contribution in [0.5, 0.6) is 0 Å². The molecular weight excluding hydrogens is 493 g/mol. The van der Waals surface area contributed by atoms with Gasteiger partial charge in [-0.3, -0.25) is 10.1 Å². The van der Waals surface area contributed by atoms with Gasteiger partial charge in [0.25, 0.3) is 5.91 Å². The number of hydrogen-bond acceptors (Lipinski definition) is 5. The van der Waals surface area contributed by atoms with Gasteiger partial charge in [-0.2, -0.15) is 0 Å². The number of nitrogens with one attached hydrogen (secondary N) is 1. The van der Waals surface area contributed by atoms with Crippen LogP contribution in [0, 0.1) is 29.3 Å². The number of amides is 1. The predicted octanol–water partition coefficient (Wildman–Crippen LogP) is 5.74. The number of rotatable bonds is 7. The van der Waals surface area contributed by atoms with E-state index < -0.39 is 34.9 Å². The second-order valence-electron chi connectivity index (χ2n) is 7.81. The minimum absolute atomic E-state index is 0.00279. The van der Waals surface area contributed by atoms with Crippen LogP contribution in [0.25, 0.3) is 17.3 Å². The van der Waals surface area contributed by atoms with Gasteiger partial charge in [0.05, 0.1) is 17.4 Å². The van der Waals surface area contributed by atoms with Crippen LogP contribution < -0.4 is 5.32 Å². The number of carboxylic acids is 1. The number of hydrogen-bond donors (Lipinski definition) is 2. The van der Waals surface area contributed by atoms with Crippen molar-refractivity contribution < 1.29 is 32.6 Å². The second-order valence-corrected chi connectivity index (χ2v) is 8.66. The van der Waals surface area contributed by atoms with E-state index in [0.29, 0.717) is 0 Å². The Bertz CT molecular complexity index is 1380. The van der Waals surface area contributed by atoms with Crippen molar-refractivity contribution in [2.24, 2.45) is 0 Å². The topological polar surface area (TPSA) is 88.5 Å². The summed E-state index contributed by atoms with van der Waals surface area (Å²) >= 11 is 1.00. The Morgan fingerprint density at radius 1 is 1.22 bits per heavy atom. The zero-order chi connectivity index (χ0) is 26.4. The van der Waals surface area contributed by atoms with Crippen LogP contribution in [0.1, 0.15) is 42.3 Å². The first-order valence-corrected chi connectivity index (χ1v) is 11.5. The highest BCUT2D eigenvalue weighted by atomic mass is 32.1. The van der Waals surface area contributed by atoms with Crippen molar-refractivity contribution in [3.63, 3.8) is 0 Å². The Morgan fingerprint density at radius 3 is 2.56 bits per heavy atom. The fraction of sp³-hybridized carbons (Fsp3) is 0.192. The molecule has 36 heavy (non-hydrogen) atoms. The highest BCUT2D eigenvalue weighted by Gasteiger charge is 2.18. The van der Waals surface area contributed by atoms with Crippen LogP contribution in [-0.2, 0) is 9.53 Å². The molecule has 0 unspecified atom stereocenters. The summed E-state index contributed by atoms with van der Waals surface area (Å²) in [5.41, 5.74) is -0.596. The number of aliphatic carboxylic acids is 1. The molecule has 0 saturated carbocycles. The third-order valence-corrected chi connectivity index (χ3v) is 5.51. The minimum atomic E-state index is -1.33. The van der Waals surface area contributed by atoms with Gasteiger partial charge in [0.2, 0.25) is 0 Å². The summed E-state index contributed by atoms with van der Waals surface area (Å²) in [6.07, 6.45) is 0.842. The van der Waals surface area contributed by atoms with Crippen molar-refractivity contribution in [1.29, 1.82) is 0 Å². The number of carboxylic acid groups (broad SMARTS) is 1. The SMILES string of the molecule is C/C(=C\c1c(F)cc(C(=O)Nc2nc(-c3cccc(C#CCOC(C)C)c3F)cs2)cc1F)C(=O)O. The summed E-state index contributed by atoms with van der Waals surface area (Å²) in [4.78, 5) is 27.6. The van der Waals surface area contributed by atoms with Gasteiger partial charge >= 0.3 is 5.97 Å². The van der Waals surface area contributed by atoms with Crippen molar-refractivity contribution in [3.8, 4) is 23.1 Å². The zero-order valence-corrected chi connectivity index (χ0v) is 20.3. The van der Waals surface area contributed by atoms with Crippen LogP contribution in [0.15, 0.2) is 41.3 Å². The average Bonchev–Trinajstić information content (AvgIpc) is 3.27. The molecule has 1 heterocycles. The lowest BCUT2D eigenvalue weighted by atomic mass is 10.1. The monoisotopic (exact) mass is 514 g/mol. The van der Waals surface area contributed by atoms with Gasteiger partial charge in [0.1, 0.15) is 24.1 Å². The molecule has 2 N–H and O–H groups in total. The van der Waals surface area contributed by atoms with Crippen LogP contribution in [0.4, 0.5) is 18.3 Å². The number of benzene rings is 2. The van der Waals surface area contributed by atoms with E-state index in [2.05, 4.69) is 22.1 Å². The first kappa shape index (κ1) is 26.7. The molecule has 186 valence electrons. The lowest BCUT2D eigenvalue weighted by Gasteiger charge is -2.06. The molecule has 3 rings (SSSR count). The van der Waals surface area contributed by atoms with E-state index in [4.69, 9.17) is 9.84 Å². The molecule has 3 aromatic rings.